The molecule has 0 radical (unpaired) electrons. The summed E-state index contributed by atoms with van der Waals surface area (Å²) in [5, 5.41) is 5.13. The Bertz CT molecular complexity index is 268. The molecule has 2 unspecified atom stereocenters. The van der Waals surface area contributed by atoms with E-state index in [1.165, 1.54) is 0 Å². The van der Waals surface area contributed by atoms with Gasteiger partial charge in [0.05, 0.1) is 10.9 Å². The number of hydrogen-bond donors (Lipinski definition) is 3. The number of amides is 2. The molecule has 0 aliphatic rings. The maximum atomic E-state index is 11.4. The minimum atomic E-state index is -0.575. The zero-order chi connectivity index (χ0) is 12.0. The fraction of sp³-hybridized carbons (Fsp3) is 0.667. The van der Waals surface area contributed by atoms with Crippen LogP contribution in [-0.2, 0) is 9.59 Å². The minimum Gasteiger partial charge on any atom is -0.393 e. The van der Waals surface area contributed by atoms with E-state index in [2.05, 4.69) is 22.9 Å². The minimum absolute atomic E-state index is 0.121. The molecule has 0 spiro atoms. The van der Waals surface area contributed by atoms with Gasteiger partial charge in [-0.2, -0.15) is 0 Å². The van der Waals surface area contributed by atoms with Crippen LogP contribution in [0.15, 0.2) is 0 Å². The molecule has 2 atom stereocenters. The van der Waals surface area contributed by atoms with Gasteiger partial charge in [0.15, 0.2) is 0 Å². The fourth-order valence-corrected chi connectivity index (χ4v) is 0.968. The van der Waals surface area contributed by atoms with Gasteiger partial charge >= 0.3 is 0 Å². The second-order valence-corrected chi connectivity index (χ2v) is 3.72. The molecule has 4 N–H and O–H groups in total. The molecule has 86 valence electrons. The van der Waals surface area contributed by atoms with Crippen LogP contribution in [0.4, 0.5) is 0 Å². The third-order valence-electron chi connectivity index (χ3n) is 1.92. The predicted molar refractivity (Wildman–Crippen MR) is 62.2 cm³/mol. The number of nitrogens with two attached hydrogens (primary N) is 1. The summed E-state index contributed by atoms with van der Waals surface area (Å²) < 4.78 is 0. The van der Waals surface area contributed by atoms with Crippen molar-refractivity contribution < 1.29 is 9.59 Å². The molecule has 0 aromatic rings. The zero-order valence-corrected chi connectivity index (χ0v) is 9.98. The summed E-state index contributed by atoms with van der Waals surface area (Å²) >= 11 is 4.68. The second-order valence-electron chi connectivity index (χ2n) is 3.25. The first-order valence-electron chi connectivity index (χ1n) is 4.77. The van der Waals surface area contributed by atoms with Crippen LogP contribution in [0.25, 0.3) is 0 Å². The lowest BCUT2D eigenvalue weighted by Crippen LogP contribution is -2.48. The van der Waals surface area contributed by atoms with E-state index < -0.39 is 12.0 Å². The molecule has 0 aliphatic heterocycles. The molecule has 15 heavy (non-hydrogen) atoms. The van der Waals surface area contributed by atoms with Gasteiger partial charge < -0.3 is 16.4 Å². The van der Waals surface area contributed by atoms with Gasteiger partial charge in [-0.15, -0.1) is 0 Å². The van der Waals surface area contributed by atoms with Crippen molar-refractivity contribution in [1.82, 2.24) is 10.6 Å². The van der Waals surface area contributed by atoms with Gasteiger partial charge in [-0.3, -0.25) is 9.59 Å². The summed E-state index contributed by atoms with van der Waals surface area (Å²) in [6.45, 7) is 5.55. The highest BCUT2D eigenvalue weighted by molar-refractivity contribution is 7.80. The lowest BCUT2D eigenvalue weighted by Gasteiger charge is -2.16. The Morgan fingerprint density at radius 3 is 2.27 bits per heavy atom. The van der Waals surface area contributed by atoms with Gasteiger partial charge in [0.2, 0.25) is 11.8 Å². The van der Waals surface area contributed by atoms with Gasteiger partial charge in [-0.25, -0.2) is 0 Å². The van der Waals surface area contributed by atoms with E-state index in [0.717, 1.165) is 0 Å². The van der Waals surface area contributed by atoms with Crippen LogP contribution >= 0.6 is 12.2 Å². The standard InChI is InChI=1S/C9H17N3O2S/c1-4-11-9(14)6(3)12-8(13)5(2)7(10)15/h5-6H,4H2,1-3H3,(H2,10,15)(H,11,14)(H,12,13). The molecule has 0 aromatic carbocycles. The average molecular weight is 231 g/mol. The van der Waals surface area contributed by atoms with Crippen molar-refractivity contribution in [2.75, 3.05) is 6.54 Å². The van der Waals surface area contributed by atoms with Gasteiger partial charge in [0, 0.05) is 6.54 Å². The van der Waals surface area contributed by atoms with E-state index in [1.54, 1.807) is 13.8 Å². The van der Waals surface area contributed by atoms with E-state index in [-0.39, 0.29) is 16.8 Å². The molecule has 0 heterocycles. The first kappa shape index (κ1) is 13.8. The molecule has 5 nitrogen and oxygen atoms in total. The maximum absolute atomic E-state index is 11.4. The number of rotatable bonds is 5. The lowest BCUT2D eigenvalue weighted by molar-refractivity contribution is -0.129. The van der Waals surface area contributed by atoms with E-state index in [1.807, 2.05) is 6.92 Å². The summed E-state index contributed by atoms with van der Waals surface area (Å²) in [6, 6.07) is -0.575. The Hall–Kier alpha value is -1.17. The molecule has 0 aromatic heterocycles. The van der Waals surface area contributed by atoms with Crippen LogP contribution in [0.2, 0.25) is 0 Å². The summed E-state index contributed by atoms with van der Waals surface area (Å²) in [7, 11) is 0. The molecule has 0 fully saturated rings. The van der Waals surface area contributed by atoms with Crippen molar-refractivity contribution in [2.45, 2.75) is 26.8 Å². The van der Waals surface area contributed by atoms with Gasteiger partial charge in [-0.1, -0.05) is 12.2 Å². The Kier molecular flexibility index (Phi) is 5.84. The lowest BCUT2D eigenvalue weighted by atomic mass is 10.1. The van der Waals surface area contributed by atoms with E-state index in [4.69, 9.17) is 5.73 Å². The molecule has 6 heteroatoms. The molecule has 0 bridgehead atoms. The molecular formula is C9H17N3O2S. The van der Waals surface area contributed by atoms with Crippen LogP contribution in [0, 0.1) is 5.92 Å². The first-order chi connectivity index (χ1) is 6.90. The third-order valence-corrected chi connectivity index (χ3v) is 2.28. The number of thiocarbonyl (C=S) groups is 1. The van der Waals surface area contributed by atoms with Crippen LogP contribution < -0.4 is 16.4 Å². The smallest absolute Gasteiger partial charge is 0.242 e. The number of carbonyl (C=O) groups excluding carboxylic acids is 2. The maximum Gasteiger partial charge on any atom is 0.242 e. The van der Waals surface area contributed by atoms with Crippen molar-refractivity contribution in [3.8, 4) is 0 Å². The number of likely N-dealkylation sites (N-methyl/N-ethyl adjacent to an activating group) is 1. The zero-order valence-electron chi connectivity index (χ0n) is 9.16. The predicted octanol–water partition coefficient (Wildman–Crippen LogP) is -0.451. The number of nitrogens with one attached hydrogen (secondary N) is 2. The Morgan fingerprint density at radius 2 is 1.87 bits per heavy atom. The highest BCUT2D eigenvalue weighted by atomic mass is 32.1. The average Bonchev–Trinajstić information content (AvgIpc) is 2.16. The van der Waals surface area contributed by atoms with Crippen molar-refractivity contribution in [2.24, 2.45) is 11.7 Å². The number of carbonyl (C=O) groups is 2. The monoisotopic (exact) mass is 231 g/mol. The van der Waals surface area contributed by atoms with Gasteiger partial charge in [-0.05, 0) is 20.8 Å². The largest absolute Gasteiger partial charge is 0.393 e. The summed E-state index contributed by atoms with van der Waals surface area (Å²) in [5.74, 6) is -1.11. The summed E-state index contributed by atoms with van der Waals surface area (Å²) in [5.41, 5.74) is 5.32. The molecule has 0 saturated carbocycles. The van der Waals surface area contributed by atoms with E-state index >= 15 is 0 Å². The van der Waals surface area contributed by atoms with Crippen LogP contribution in [0.5, 0.6) is 0 Å². The third kappa shape index (κ3) is 4.73. The van der Waals surface area contributed by atoms with Crippen molar-refractivity contribution in [3.05, 3.63) is 0 Å². The quantitative estimate of drug-likeness (QED) is 0.560. The molecule has 0 rings (SSSR count). The summed E-state index contributed by atoms with van der Waals surface area (Å²) in [6.07, 6.45) is 0. The van der Waals surface area contributed by atoms with Crippen molar-refractivity contribution in [3.63, 3.8) is 0 Å². The molecule has 0 saturated heterocycles. The second kappa shape index (κ2) is 6.34. The van der Waals surface area contributed by atoms with Gasteiger partial charge in [0.1, 0.15) is 6.04 Å². The van der Waals surface area contributed by atoms with Crippen molar-refractivity contribution in [1.29, 1.82) is 0 Å². The van der Waals surface area contributed by atoms with Crippen LogP contribution in [0.1, 0.15) is 20.8 Å². The Labute approximate surface area is 94.8 Å². The fourth-order valence-electron chi connectivity index (χ4n) is 0.860. The topological polar surface area (TPSA) is 84.2 Å². The Balaban J connectivity index is 4.17. The number of hydrogen-bond acceptors (Lipinski definition) is 3. The van der Waals surface area contributed by atoms with E-state index in [0.29, 0.717) is 6.54 Å². The van der Waals surface area contributed by atoms with Gasteiger partial charge in [0.25, 0.3) is 0 Å². The first-order valence-corrected chi connectivity index (χ1v) is 5.18. The van der Waals surface area contributed by atoms with E-state index in [9.17, 15) is 9.59 Å². The van der Waals surface area contributed by atoms with Crippen molar-refractivity contribution >= 4 is 29.0 Å². The van der Waals surface area contributed by atoms with Crippen LogP contribution in [-0.4, -0.2) is 29.4 Å². The summed E-state index contributed by atoms with van der Waals surface area (Å²) in [4.78, 5) is 22.8. The molecule has 2 amide bonds. The Morgan fingerprint density at radius 1 is 1.33 bits per heavy atom. The van der Waals surface area contributed by atoms with Crippen LogP contribution in [0.3, 0.4) is 0 Å². The molecular weight excluding hydrogens is 214 g/mol. The molecule has 0 aliphatic carbocycles. The SMILES string of the molecule is CCNC(=O)C(C)NC(=O)C(C)C(N)=S. The highest BCUT2D eigenvalue weighted by Crippen LogP contribution is 1.96. The normalized spacial score (nSPS) is 13.8. The highest BCUT2D eigenvalue weighted by Gasteiger charge is 2.20.